The van der Waals surface area contributed by atoms with Gasteiger partial charge in [0.05, 0.1) is 0 Å². The van der Waals surface area contributed by atoms with Crippen LogP contribution >= 0.6 is 0 Å². The van der Waals surface area contributed by atoms with Gasteiger partial charge in [-0.15, -0.1) is 0 Å². The minimum Gasteiger partial charge on any atom is -0.0616 e. The molecule has 0 aliphatic heterocycles. The number of hydrogen-bond acceptors (Lipinski definition) is 0. The topological polar surface area (TPSA) is 0 Å². The number of benzene rings is 4. The van der Waals surface area contributed by atoms with Crippen LogP contribution in [0.3, 0.4) is 0 Å². The van der Waals surface area contributed by atoms with E-state index in [0.717, 1.165) is 0 Å². The van der Waals surface area contributed by atoms with Crippen LogP contribution in [-0.4, -0.2) is 0 Å². The van der Waals surface area contributed by atoms with E-state index in [9.17, 15) is 0 Å². The van der Waals surface area contributed by atoms with Crippen molar-refractivity contribution in [1.82, 2.24) is 0 Å². The minimum absolute atomic E-state index is 1.31. The summed E-state index contributed by atoms with van der Waals surface area (Å²) in [5.74, 6) is 0. The number of fused-ring (bicyclic) bond motifs is 4. The number of hydrogen-bond donors (Lipinski definition) is 0. The highest BCUT2D eigenvalue weighted by Gasteiger charge is 2.06. The van der Waals surface area contributed by atoms with Gasteiger partial charge in [0.1, 0.15) is 0 Å². The van der Waals surface area contributed by atoms with Crippen molar-refractivity contribution in [2.45, 2.75) is 6.92 Å². The van der Waals surface area contributed by atoms with Crippen LogP contribution in [0.15, 0.2) is 66.7 Å². The van der Waals surface area contributed by atoms with Gasteiger partial charge in [-0.05, 0) is 50.9 Å². The Balaban J connectivity index is 2.32. The molecule has 0 fully saturated rings. The summed E-state index contributed by atoms with van der Waals surface area (Å²) in [5.41, 5.74) is 1.37. The Bertz CT molecular complexity index is 917. The molecule has 0 aliphatic carbocycles. The van der Waals surface area contributed by atoms with Gasteiger partial charge in [-0.3, -0.25) is 0 Å². The van der Waals surface area contributed by atoms with Gasteiger partial charge >= 0.3 is 0 Å². The average molecular weight is 242 g/mol. The summed E-state index contributed by atoms with van der Waals surface area (Å²) < 4.78 is 0. The molecule has 0 amide bonds. The maximum atomic E-state index is 2.32. The maximum absolute atomic E-state index is 2.32. The van der Waals surface area contributed by atoms with Gasteiger partial charge in [0.2, 0.25) is 0 Å². The highest BCUT2D eigenvalue weighted by Crippen LogP contribution is 2.32. The lowest BCUT2D eigenvalue weighted by Gasteiger charge is -2.10. The Morgan fingerprint density at radius 3 is 2.05 bits per heavy atom. The summed E-state index contributed by atoms with van der Waals surface area (Å²) in [6.45, 7) is 2.22. The molecule has 0 nitrogen and oxygen atoms in total. The van der Waals surface area contributed by atoms with Crippen LogP contribution in [0.2, 0.25) is 0 Å². The van der Waals surface area contributed by atoms with Crippen molar-refractivity contribution in [2.75, 3.05) is 0 Å². The van der Waals surface area contributed by atoms with E-state index in [1.165, 1.54) is 37.9 Å². The second-order valence-electron chi connectivity index (χ2n) is 5.10. The van der Waals surface area contributed by atoms with Crippen LogP contribution in [-0.2, 0) is 0 Å². The van der Waals surface area contributed by atoms with E-state index >= 15 is 0 Å². The van der Waals surface area contributed by atoms with Gasteiger partial charge in [0.15, 0.2) is 0 Å². The third kappa shape index (κ3) is 1.47. The Labute approximate surface area is 112 Å². The first kappa shape index (κ1) is 10.6. The van der Waals surface area contributed by atoms with Crippen LogP contribution in [0.25, 0.3) is 32.3 Å². The summed E-state index contributed by atoms with van der Waals surface area (Å²) in [5, 5.41) is 8.04. The third-order valence-corrected chi connectivity index (χ3v) is 4.04. The lowest BCUT2D eigenvalue weighted by Crippen LogP contribution is -1.84. The largest absolute Gasteiger partial charge is 0.0616 e. The fourth-order valence-electron chi connectivity index (χ4n) is 3.04. The first-order valence-corrected chi connectivity index (χ1v) is 6.64. The molecule has 4 rings (SSSR count). The number of aryl methyl sites for hydroxylation is 1. The zero-order chi connectivity index (χ0) is 12.8. The molecule has 0 aliphatic rings. The molecule has 4 aromatic carbocycles. The average Bonchev–Trinajstić information content (AvgIpc) is 2.47. The second-order valence-corrected chi connectivity index (χ2v) is 5.10. The fourth-order valence-corrected chi connectivity index (χ4v) is 3.04. The number of rotatable bonds is 0. The zero-order valence-corrected chi connectivity index (χ0v) is 10.9. The van der Waals surface area contributed by atoms with E-state index in [4.69, 9.17) is 0 Å². The van der Waals surface area contributed by atoms with Gasteiger partial charge < -0.3 is 0 Å². The summed E-state index contributed by atoms with van der Waals surface area (Å²) >= 11 is 0. The highest BCUT2D eigenvalue weighted by atomic mass is 14.1. The van der Waals surface area contributed by atoms with E-state index in [2.05, 4.69) is 73.7 Å². The quantitative estimate of drug-likeness (QED) is 0.284. The predicted octanol–water partition coefficient (Wildman–Crippen LogP) is 5.45. The van der Waals surface area contributed by atoms with Gasteiger partial charge in [0, 0.05) is 0 Å². The monoisotopic (exact) mass is 242 g/mol. The Morgan fingerprint density at radius 1 is 0.526 bits per heavy atom. The molecular weight excluding hydrogens is 228 g/mol. The third-order valence-electron chi connectivity index (χ3n) is 4.04. The van der Waals surface area contributed by atoms with Crippen molar-refractivity contribution in [3.63, 3.8) is 0 Å². The molecule has 0 spiro atoms. The normalized spacial score (nSPS) is 11.4. The SMILES string of the molecule is Cc1c2ccccc2cc2c1ccc1ccccc12. The van der Waals surface area contributed by atoms with E-state index in [1.54, 1.807) is 0 Å². The molecular formula is C19H14. The molecule has 0 radical (unpaired) electrons. The standard InChI is InChI=1S/C19H14/c1-13-16-8-4-3-7-15(16)12-19-17(13)11-10-14-6-2-5-9-18(14)19/h2-12H,1H3. The molecule has 19 heavy (non-hydrogen) atoms. The second kappa shape index (κ2) is 3.83. The first-order valence-electron chi connectivity index (χ1n) is 6.64. The van der Waals surface area contributed by atoms with Crippen molar-refractivity contribution in [3.05, 3.63) is 72.3 Å². The van der Waals surface area contributed by atoms with Crippen molar-refractivity contribution in [3.8, 4) is 0 Å². The van der Waals surface area contributed by atoms with E-state index in [1.807, 2.05) is 0 Å². The van der Waals surface area contributed by atoms with E-state index in [0.29, 0.717) is 0 Å². The Kier molecular flexibility index (Phi) is 2.13. The van der Waals surface area contributed by atoms with Crippen molar-refractivity contribution >= 4 is 32.3 Å². The van der Waals surface area contributed by atoms with E-state index in [-0.39, 0.29) is 0 Å². The Morgan fingerprint density at radius 2 is 1.21 bits per heavy atom. The fraction of sp³-hybridized carbons (Fsp3) is 0.0526. The van der Waals surface area contributed by atoms with Crippen molar-refractivity contribution < 1.29 is 0 Å². The molecule has 0 atom stereocenters. The summed E-state index contributed by atoms with van der Waals surface area (Å²) in [6.07, 6.45) is 0. The van der Waals surface area contributed by atoms with Gasteiger partial charge in [-0.2, -0.15) is 0 Å². The first-order chi connectivity index (χ1) is 9.34. The van der Waals surface area contributed by atoms with Crippen LogP contribution < -0.4 is 0 Å². The summed E-state index contributed by atoms with van der Waals surface area (Å²) in [6, 6.07) is 24.0. The van der Waals surface area contributed by atoms with Crippen LogP contribution in [0.1, 0.15) is 5.56 Å². The minimum atomic E-state index is 1.31. The molecule has 4 aromatic rings. The zero-order valence-electron chi connectivity index (χ0n) is 10.9. The van der Waals surface area contributed by atoms with Crippen LogP contribution in [0.5, 0.6) is 0 Å². The van der Waals surface area contributed by atoms with Gasteiger partial charge in [0.25, 0.3) is 0 Å². The molecule has 0 heterocycles. The highest BCUT2D eigenvalue weighted by molar-refractivity contribution is 6.13. The molecule has 0 aromatic heterocycles. The maximum Gasteiger partial charge on any atom is -0.00964 e. The Hall–Kier alpha value is -2.34. The smallest absolute Gasteiger partial charge is 0.00964 e. The molecule has 0 saturated carbocycles. The molecule has 0 heteroatoms. The van der Waals surface area contributed by atoms with Gasteiger partial charge in [-0.1, -0.05) is 60.7 Å². The molecule has 0 saturated heterocycles. The van der Waals surface area contributed by atoms with E-state index < -0.39 is 0 Å². The lowest BCUT2D eigenvalue weighted by molar-refractivity contribution is 1.59. The molecule has 0 bridgehead atoms. The predicted molar refractivity (Wildman–Crippen MR) is 83.7 cm³/mol. The van der Waals surface area contributed by atoms with Crippen molar-refractivity contribution in [1.29, 1.82) is 0 Å². The molecule has 0 N–H and O–H groups in total. The molecule has 0 unspecified atom stereocenters. The van der Waals surface area contributed by atoms with Crippen LogP contribution in [0, 0.1) is 6.92 Å². The lowest BCUT2D eigenvalue weighted by atomic mass is 9.94. The molecule has 90 valence electrons. The van der Waals surface area contributed by atoms with Gasteiger partial charge in [-0.25, -0.2) is 0 Å². The van der Waals surface area contributed by atoms with Crippen LogP contribution in [0.4, 0.5) is 0 Å². The summed E-state index contributed by atoms with van der Waals surface area (Å²) in [7, 11) is 0. The van der Waals surface area contributed by atoms with Crippen molar-refractivity contribution in [2.24, 2.45) is 0 Å². The summed E-state index contributed by atoms with van der Waals surface area (Å²) in [4.78, 5) is 0.